The van der Waals surface area contributed by atoms with E-state index >= 15 is 0 Å². The summed E-state index contributed by atoms with van der Waals surface area (Å²) in [4.78, 5) is 7.03. The summed E-state index contributed by atoms with van der Waals surface area (Å²) in [5.74, 6) is 0.953. The summed E-state index contributed by atoms with van der Waals surface area (Å²) >= 11 is 0. The third-order valence-electron chi connectivity index (χ3n) is 5.73. The van der Waals surface area contributed by atoms with E-state index in [9.17, 15) is 0 Å². The molecule has 2 aliphatic rings. The molecule has 0 aromatic heterocycles. The third kappa shape index (κ3) is 4.29. The van der Waals surface area contributed by atoms with Gasteiger partial charge in [0.1, 0.15) is 0 Å². The topological polar surface area (TPSA) is 39.7 Å². The van der Waals surface area contributed by atoms with Crippen LogP contribution >= 0.6 is 0 Å². The average Bonchev–Trinajstić information content (AvgIpc) is 2.56. The first-order valence-corrected chi connectivity index (χ1v) is 9.40. The van der Waals surface area contributed by atoms with Crippen LogP contribution in [0.2, 0.25) is 0 Å². The SMILES string of the molecule is CN=C(NCCc1ccc(C)cc1)NC1CC2CCCC(C1)N2C. The molecule has 1 aromatic carbocycles. The molecule has 2 fully saturated rings. The van der Waals surface area contributed by atoms with Crippen LogP contribution in [0.1, 0.15) is 43.2 Å². The standard InChI is InChI=1S/C20H32N4/c1-15-7-9-16(10-8-15)11-12-22-20(21-2)23-17-13-18-5-4-6-19(14-17)24(18)3/h7-10,17-19H,4-6,11-14H2,1-3H3,(H2,21,22,23). The molecule has 2 bridgehead atoms. The molecule has 24 heavy (non-hydrogen) atoms. The lowest BCUT2D eigenvalue weighted by molar-refractivity contribution is 0.0526. The van der Waals surface area contributed by atoms with Gasteiger partial charge < -0.3 is 15.5 Å². The molecule has 0 radical (unpaired) electrons. The number of nitrogens with zero attached hydrogens (tertiary/aromatic N) is 2. The van der Waals surface area contributed by atoms with Gasteiger partial charge in [-0.25, -0.2) is 0 Å². The van der Waals surface area contributed by atoms with Crippen molar-refractivity contribution in [2.75, 3.05) is 20.6 Å². The lowest BCUT2D eigenvalue weighted by Crippen LogP contribution is -2.56. The summed E-state index contributed by atoms with van der Waals surface area (Å²) < 4.78 is 0. The lowest BCUT2D eigenvalue weighted by atomic mass is 9.82. The number of hydrogen-bond acceptors (Lipinski definition) is 2. The normalized spacial score (nSPS) is 27.8. The number of rotatable bonds is 4. The minimum Gasteiger partial charge on any atom is -0.356 e. The van der Waals surface area contributed by atoms with Crippen molar-refractivity contribution in [2.24, 2.45) is 4.99 Å². The molecule has 2 atom stereocenters. The Labute approximate surface area is 146 Å². The Balaban J connectivity index is 1.46. The van der Waals surface area contributed by atoms with Crippen LogP contribution in [-0.2, 0) is 6.42 Å². The van der Waals surface area contributed by atoms with Gasteiger partial charge in [0.15, 0.2) is 5.96 Å². The minimum atomic E-state index is 0.557. The Morgan fingerprint density at radius 1 is 1.17 bits per heavy atom. The summed E-state index contributed by atoms with van der Waals surface area (Å²) in [6, 6.07) is 10.8. The quantitative estimate of drug-likeness (QED) is 0.659. The highest BCUT2D eigenvalue weighted by Gasteiger charge is 2.36. The number of aliphatic imine (C=N–C) groups is 1. The summed E-state index contributed by atoms with van der Waals surface area (Å²) in [5.41, 5.74) is 2.69. The molecule has 2 heterocycles. The van der Waals surface area contributed by atoms with E-state index in [1.165, 1.54) is 43.2 Å². The Kier molecular flexibility index (Phi) is 5.77. The molecule has 4 nitrogen and oxygen atoms in total. The molecule has 0 saturated carbocycles. The Morgan fingerprint density at radius 2 is 1.83 bits per heavy atom. The van der Waals surface area contributed by atoms with E-state index in [1.54, 1.807) is 0 Å². The van der Waals surface area contributed by atoms with E-state index < -0.39 is 0 Å². The van der Waals surface area contributed by atoms with E-state index in [4.69, 9.17) is 0 Å². The molecule has 132 valence electrons. The lowest BCUT2D eigenvalue weighted by Gasteiger charge is -2.47. The van der Waals surface area contributed by atoms with Gasteiger partial charge in [-0.15, -0.1) is 0 Å². The molecule has 2 aliphatic heterocycles. The third-order valence-corrected chi connectivity index (χ3v) is 5.73. The van der Waals surface area contributed by atoms with Crippen LogP contribution in [0.15, 0.2) is 29.3 Å². The van der Waals surface area contributed by atoms with Crippen LogP contribution in [0, 0.1) is 6.92 Å². The number of guanidine groups is 1. The van der Waals surface area contributed by atoms with E-state index in [2.05, 4.69) is 58.8 Å². The summed E-state index contributed by atoms with van der Waals surface area (Å²) in [7, 11) is 4.18. The fourth-order valence-electron chi connectivity index (χ4n) is 4.20. The van der Waals surface area contributed by atoms with Crippen LogP contribution < -0.4 is 10.6 Å². The van der Waals surface area contributed by atoms with Crippen LogP contribution in [0.4, 0.5) is 0 Å². The molecule has 4 heteroatoms. The van der Waals surface area contributed by atoms with Crippen LogP contribution in [0.5, 0.6) is 0 Å². The fraction of sp³-hybridized carbons (Fsp3) is 0.650. The fourth-order valence-corrected chi connectivity index (χ4v) is 4.20. The molecule has 3 rings (SSSR count). The Morgan fingerprint density at radius 3 is 2.46 bits per heavy atom. The number of nitrogens with one attached hydrogen (secondary N) is 2. The first-order valence-electron chi connectivity index (χ1n) is 9.40. The van der Waals surface area contributed by atoms with Gasteiger partial charge in [-0.1, -0.05) is 36.2 Å². The number of hydrogen-bond donors (Lipinski definition) is 2. The molecule has 2 saturated heterocycles. The van der Waals surface area contributed by atoms with Gasteiger partial charge in [0.2, 0.25) is 0 Å². The number of piperidine rings is 2. The van der Waals surface area contributed by atoms with Crippen molar-refractivity contribution in [1.29, 1.82) is 0 Å². The van der Waals surface area contributed by atoms with Gasteiger partial charge in [-0.05, 0) is 51.6 Å². The molecule has 2 N–H and O–H groups in total. The highest BCUT2D eigenvalue weighted by atomic mass is 15.2. The van der Waals surface area contributed by atoms with Crippen molar-refractivity contribution in [3.05, 3.63) is 35.4 Å². The Bertz CT molecular complexity index is 537. The first-order chi connectivity index (χ1) is 11.7. The maximum absolute atomic E-state index is 4.42. The molecule has 0 amide bonds. The zero-order valence-electron chi connectivity index (χ0n) is 15.4. The van der Waals surface area contributed by atoms with Crippen molar-refractivity contribution >= 4 is 5.96 Å². The van der Waals surface area contributed by atoms with Gasteiger partial charge in [0.25, 0.3) is 0 Å². The average molecular weight is 329 g/mol. The van der Waals surface area contributed by atoms with Crippen molar-refractivity contribution < 1.29 is 0 Å². The van der Waals surface area contributed by atoms with E-state index in [0.29, 0.717) is 6.04 Å². The second-order valence-corrected chi connectivity index (χ2v) is 7.45. The van der Waals surface area contributed by atoms with Crippen molar-refractivity contribution in [1.82, 2.24) is 15.5 Å². The maximum atomic E-state index is 4.42. The van der Waals surface area contributed by atoms with Crippen molar-refractivity contribution in [3.8, 4) is 0 Å². The smallest absolute Gasteiger partial charge is 0.191 e. The zero-order chi connectivity index (χ0) is 16.9. The van der Waals surface area contributed by atoms with E-state index in [1.807, 2.05) is 7.05 Å². The molecule has 0 spiro atoms. The first kappa shape index (κ1) is 17.3. The summed E-state index contributed by atoms with van der Waals surface area (Å²) in [6.45, 7) is 3.05. The highest BCUT2D eigenvalue weighted by Crippen LogP contribution is 2.32. The van der Waals surface area contributed by atoms with Gasteiger partial charge in [-0.3, -0.25) is 4.99 Å². The monoisotopic (exact) mass is 328 g/mol. The molecular weight excluding hydrogens is 296 g/mol. The van der Waals surface area contributed by atoms with Crippen molar-refractivity contribution in [3.63, 3.8) is 0 Å². The summed E-state index contributed by atoms with van der Waals surface area (Å²) in [6.07, 6.45) is 7.61. The largest absolute Gasteiger partial charge is 0.356 e. The van der Waals surface area contributed by atoms with E-state index in [0.717, 1.165) is 31.0 Å². The van der Waals surface area contributed by atoms with Gasteiger partial charge in [0.05, 0.1) is 0 Å². The minimum absolute atomic E-state index is 0.557. The second-order valence-electron chi connectivity index (χ2n) is 7.45. The van der Waals surface area contributed by atoms with Gasteiger partial charge >= 0.3 is 0 Å². The maximum Gasteiger partial charge on any atom is 0.191 e. The number of aryl methyl sites for hydroxylation is 1. The molecule has 0 aliphatic carbocycles. The number of fused-ring (bicyclic) bond motifs is 2. The second kappa shape index (κ2) is 8.02. The van der Waals surface area contributed by atoms with Crippen molar-refractivity contribution in [2.45, 2.75) is 63.6 Å². The zero-order valence-corrected chi connectivity index (χ0v) is 15.4. The van der Waals surface area contributed by atoms with Gasteiger partial charge in [-0.2, -0.15) is 0 Å². The number of benzene rings is 1. The highest BCUT2D eigenvalue weighted by molar-refractivity contribution is 5.80. The molecular formula is C20H32N4. The Hall–Kier alpha value is -1.55. The van der Waals surface area contributed by atoms with E-state index in [-0.39, 0.29) is 0 Å². The molecule has 1 aromatic rings. The van der Waals surface area contributed by atoms with Crippen LogP contribution in [-0.4, -0.2) is 49.6 Å². The van der Waals surface area contributed by atoms with Gasteiger partial charge in [0, 0.05) is 31.7 Å². The van der Waals surface area contributed by atoms with Crippen LogP contribution in [0.25, 0.3) is 0 Å². The predicted octanol–water partition coefficient (Wildman–Crippen LogP) is 2.72. The summed E-state index contributed by atoms with van der Waals surface area (Å²) in [5, 5.41) is 7.14. The molecule has 2 unspecified atom stereocenters. The van der Waals surface area contributed by atoms with Crippen LogP contribution in [0.3, 0.4) is 0 Å². The predicted molar refractivity (Wildman–Crippen MR) is 102 cm³/mol.